The average molecular weight is 290 g/mol. The van der Waals surface area contributed by atoms with Crippen LogP contribution in [-0.2, 0) is 5.41 Å². The van der Waals surface area contributed by atoms with Crippen LogP contribution in [0.4, 0.5) is 5.69 Å². The molecule has 1 aliphatic rings. The van der Waals surface area contributed by atoms with Gasteiger partial charge in [0.2, 0.25) is 0 Å². The Morgan fingerprint density at radius 3 is 2.29 bits per heavy atom. The molecule has 1 heterocycles. The van der Waals surface area contributed by atoms with Gasteiger partial charge >= 0.3 is 0 Å². The second-order valence-electron chi connectivity index (χ2n) is 7.43. The molecule has 21 heavy (non-hydrogen) atoms. The summed E-state index contributed by atoms with van der Waals surface area (Å²) in [6.45, 7) is 11.2. The summed E-state index contributed by atoms with van der Waals surface area (Å²) in [5.74, 6) is 0.996. The first-order valence-corrected chi connectivity index (χ1v) is 7.91. The van der Waals surface area contributed by atoms with Crippen molar-refractivity contribution in [3.05, 3.63) is 23.8 Å². The van der Waals surface area contributed by atoms with Gasteiger partial charge in [-0.1, -0.05) is 26.8 Å². The zero-order chi connectivity index (χ0) is 15.7. The molecule has 2 rings (SSSR count). The Hall–Kier alpha value is -1.22. The average Bonchev–Trinajstić information content (AvgIpc) is 2.46. The predicted octanol–water partition coefficient (Wildman–Crippen LogP) is 3.57. The number of rotatable bonds is 3. The lowest BCUT2D eigenvalue weighted by molar-refractivity contribution is 0.303. The largest absolute Gasteiger partial charge is 0.495 e. The van der Waals surface area contributed by atoms with Crippen molar-refractivity contribution in [2.45, 2.75) is 51.5 Å². The first kappa shape index (κ1) is 16.2. The number of nitrogens with zero attached hydrogens (tertiary/aromatic N) is 1. The van der Waals surface area contributed by atoms with Crippen LogP contribution >= 0.6 is 0 Å². The zero-order valence-electron chi connectivity index (χ0n) is 14.4. The molecule has 1 aromatic rings. The van der Waals surface area contributed by atoms with Gasteiger partial charge in [-0.2, -0.15) is 0 Å². The Morgan fingerprint density at radius 1 is 1.19 bits per heavy atom. The highest BCUT2D eigenvalue weighted by Gasteiger charge is 2.29. The fraction of sp³-hybridized carbons (Fsp3) is 0.667. The van der Waals surface area contributed by atoms with E-state index in [-0.39, 0.29) is 11.0 Å². The van der Waals surface area contributed by atoms with Crippen LogP contribution in [0.5, 0.6) is 5.75 Å². The Labute approximate surface area is 129 Å². The van der Waals surface area contributed by atoms with Crippen LogP contribution in [-0.4, -0.2) is 32.8 Å². The molecular weight excluding hydrogens is 260 g/mol. The van der Waals surface area contributed by atoms with E-state index < -0.39 is 0 Å². The second-order valence-corrected chi connectivity index (χ2v) is 7.43. The Bertz CT molecular complexity index is 482. The number of piperidine rings is 1. The molecule has 0 radical (unpaired) electrons. The van der Waals surface area contributed by atoms with Crippen molar-refractivity contribution in [1.82, 2.24) is 5.32 Å². The minimum absolute atomic E-state index is 0.151. The zero-order valence-corrected chi connectivity index (χ0v) is 14.4. The molecule has 1 saturated heterocycles. The maximum atomic E-state index is 5.66. The predicted molar refractivity (Wildman–Crippen MR) is 90.6 cm³/mol. The second kappa shape index (κ2) is 5.88. The van der Waals surface area contributed by atoms with E-state index in [0.29, 0.717) is 0 Å². The van der Waals surface area contributed by atoms with Gasteiger partial charge in [-0.15, -0.1) is 0 Å². The van der Waals surface area contributed by atoms with Gasteiger partial charge in [0.15, 0.2) is 0 Å². The quantitative estimate of drug-likeness (QED) is 0.921. The molecule has 1 fully saturated rings. The van der Waals surface area contributed by atoms with Crippen molar-refractivity contribution in [3.8, 4) is 5.75 Å². The normalized spacial score (nSPS) is 18.7. The SMILES string of the molecule is CNC1(C)CCN(c2ccc(C(C)(C)C)cc2OC)CC1. The first-order chi connectivity index (χ1) is 9.79. The van der Waals surface area contributed by atoms with Crippen LogP contribution in [0.15, 0.2) is 18.2 Å². The van der Waals surface area contributed by atoms with Gasteiger partial charge in [0, 0.05) is 18.6 Å². The van der Waals surface area contributed by atoms with Crippen molar-refractivity contribution >= 4 is 5.69 Å². The fourth-order valence-corrected chi connectivity index (χ4v) is 2.90. The molecule has 118 valence electrons. The van der Waals surface area contributed by atoms with Crippen molar-refractivity contribution in [3.63, 3.8) is 0 Å². The number of hydrogen-bond donors (Lipinski definition) is 1. The number of anilines is 1. The highest BCUT2D eigenvalue weighted by atomic mass is 16.5. The van der Waals surface area contributed by atoms with Crippen LogP contribution in [0.25, 0.3) is 0 Å². The van der Waals surface area contributed by atoms with Crippen LogP contribution < -0.4 is 15.0 Å². The van der Waals surface area contributed by atoms with E-state index in [9.17, 15) is 0 Å². The van der Waals surface area contributed by atoms with Crippen molar-refractivity contribution < 1.29 is 4.74 Å². The van der Waals surface area contributed by atoms with Gasteiger partial charge < -0.3 is 15.0 Å². The molecule has 3 nitrogen and oxygen atoms in total. The molecule has 1 aliphatic heterocycles. The summed E-state index contributed by atoms with van der Waals surface area (Å²) in [6, 6.07) is 6.66. The summed E-state index contributed by atoms with van der Waals surface area (Å²) in [6.07, 6.45) is 2.32. The van der Waals surface area contributed by atoms with E-state index in [4.69, 9.17) is 4.74 Å². The lowest BCUT2D eigenvalue weighted by Gasteiger charge is -2.40. The van der Waals surface area contributed by atoms with Crippen molar-refractivity contribution in [2.24, 2.45) is 0 Å². The van der Waals surface area contributed by atoms with E-state index in [1.807, 2.05) is 0 Å². The Balaban J connectivity index is 2.21. The molecule has 0 unspecified atom stereocenters. The molecule has 0 atom stereocenters. The topological polar surface area (TPSA) is 24.5 Å². The Morgan fingerprint density at radius 2 is 1.81 bits per heavy atom. The molecule has 0 aliphatic carbocycles. The van der Waals surface area contributed by atoms with Gasteiger partial charge in [-0.3, -0.25) is 0 Å². The van der Waals surface area contributed by atoms with Gasteiger partial charge in [0.05, 0.1) is 12.8 Å². The molecule has 0 spiro atoms. The van der Waals surface area contributed by atoms with Crippen LogP contribution in [0.3, 0.4) is 0 Å². The molecule has 0 aromatic heterocycles. The lowest BCUT2D eigenvalue weighted by Crippen LogP contribution is -2.50. The number of hydrogen-bond acceptors (Lipinski definition) is 3. The van der Waals surface area contributed by atoms with E-state index >= 15 is 0 Å². The number of benzene rings is 1. The first-order valence-electron chi connectivity index (χ1n) is 7.91. The number of nitrogens with one attached hydrogen (secondary N) is 1. The molecule has 0 bridgehead atoms. The van der Waals surface area contributed by atoms with Gasteiger partial charge in [-0.05, 0) is 49.9 Å². The third-order valence-electron chi connectivity index (χ3n) is 4.86. The third-order valence-corrected chi connectivity index (χ3v) is 4.86. The monoisotopic (exact) mass is 290 g/mol. The minimum atomic E-state index is 0.151. The summed E-state index contributed by atoms with van der Waals surface area (Å²) in [4.78, 5) is 2.45. The maximum Gasteiger partial charge on any atom is 0.142 e. The minimum Gasteiger partial charge on any atom is -0.495 e. The summed E-state index contributed by atoms with van der Waals surface area (Å²) < 4.78 is 5.66. The number of methoxy groups -OCH3 is 1. The molecular formula is C18H30N2O. The molecule has 3 heteroatoms. The van der Waals surface area contributed by atoms with E-state index in [0.717, 1.165) is 31.7 Å². The van der Waals surface area contributed by atoms with E-state index in [1.165, 1.54) is 11.3 Å². The van der Waals surface area contributed by atoms with E-state index in [1.54, 1.807) is 7.11 Å². The van der Waals surface area contributed by atoms with Gasteiger partial charge in [-0.25, -0.2) is 0 Å². The highest BCUT2D eigenvalue weighted by Crippen LogP contribution is 2.36. The Kier molecular flexibility index (Phi) is 4.52. The van der Waals surface area contributed by atoms with Gasteiger partial charge in [0.25, 0.3) is 0 Å². The van der Waals surface area contributed by atoms with Gasteiger partial charge in [0.1, 0.15) is 5.75 Å². The summed E-state index contributed by atoms with van der Waals surface area (Å²) in [5.41, 5.74) is 2.97. The maximum absolute atomic E-state index is 5.66. The van der Waals surface area contributed by atoms with Crippen molar-refractivity contribution in [1.29, 1.82) is 0 Å². The molecule has 0 saturated carbocycles. The summed E-state index contributed by atoms with van der Waals surface area (Å²) >= 11 is 0. The van der Waals surface area contributed by atoms with Crippen LogP contribution in [0.2, 0.25) is 0 Å². The highest BCUT2D eigenvalue weighted by molar-refractivity contribution is 5.60. The molecule has 1 N–H and O–H groups in total. The summed E-state index contributed by atoms with van der Waals surface area (Å²) in [7, 11) is 3.83. The van der Waals surface area contributed by atoms with Crippen LogP contribution in [0, 0.1) is 0 Å². The van der Waals surface area contributed by atoms with Crippen LogP contribution in [0.1, 0.15) is 46.1 Å². The van der Waals surface area contributed by atoms with E-state index in [2.05, 4.69) is 63.2 Å². The third kappa shape index (κ3) is 3.52. The molecule has 1 aromatic carbocycles. The smallest absolute Gasteiger partial charge is 0.142 e. The standard InChI is InChI=1S/C18H30N2O/c1-17(2,3)14-7-8-15(16(13-14)21-6)20-11-9-18(4,19-5)10-12-20/h7-8,13,19H,9-12H2,1-6H3. The molecule has 0 amide bonds. The number of ether oxygens (including phenoxy) is 1. The fourth-order valence-electron chi connectivity index (χ4n) is 2.90. The summed E-state index contributed by atoms with van der Waals surface area (Å²) in [5, 5.41) is 3.45. The van der Waals surface area contributed by atoms with Crippen molar-refractivity contribution in [2.75, 3.05) is 32.1 Å². The lowest BCUT2D eigenvalue weighted by atomic mass is 9.86.